The zero-order valence-corrected chi connectivity index (χ0v) is 32.3. The van der Waals surface area contributed by atoms with Gasteiger partial charge in [-0.25, -0.2) is 9.59 Å². The van der Waals surface area contributed by atoms with Crippen LogP contribution in [0.1, 0.15) is 130 Å². The molecule has 0 heterocycles. The van der Waals surface area contributed by atoms with Crippen LogP contribution in [0.5, 0.6) is 0 Å². The van der Waals surface area contributed by atoms with Gasteiger partial charge in [0.05, 0.1) is 0 Å². The van der Waals surface area contributed by atoms with E-state index in [9.17, 15) is 19.2 Å². The van der Waals surface area contributed by atoms with Crippen LogP contribution < -0.4 is 10.6 Å². The van der Waals surface area contributed by atoms with E-state index in [1.54, 1.807) is 46.4 Å². The van der Waals surface area contributed by atoms with Gasteiger partial charge in [0.2, 0.25) is 11.8 Å². The molecule has 2 aromatic rings. The second kappa shape index (κ2) is 20.1. The van der Waals surface area contributed by atoms with Gasteiger partial charge >= 0.3 is 12.1 Å². The van der Waals surface area contributed by atoms with Crippen LogP contribution >= 0.6 is 0 Å². The number of unbranched alkanes of at least 4 members (excludes halogenated alkanes) is 5. The summed E-state index contributed by atoms with van der Waals surface area (Å²) in [7, 11) is 0. The van der Waals surface area contributed by atoms with E-state index in [2.05, 4.69) is 24.5 Å². The molecule has 0 aliphatic rings. The largest absolute Gasteiger partial charge is 0.458 e. The third kappa shape index (κ3) is 14.9. The molecule has 2 aromatic carbocycles. The van der Waals surface area contributed by atoms with Gasteiger partial charge in [-0.2, -0.15) is 0 Å². The minimum Gasteiger partial charge on any atom is -0.458 e. The molecule has 278 valence electrons. The van der Waals surface area contributed by atoms with Crippen LogP contribution in [0, 0.1) is 5.92 Å². The van der Waals surface area contributed by atoms with Gasteiger partial charge in [0.15, 0.2) is 0 Å². The molecule has 0 aliphatic heterocycles. The standard InChI is InChI=1S/C41H63N3O6/c1-11-13-14-15-16-20-27-44(37(46)34(29(3)4)43-39(48)50-41(8,9)10)35(32-25-23-30(12-2)24-26-32)36(45)42-33(38(47)49-40(5,6)7)28-31-21-18-17-19-22-31/h17-19,21-26,29,33-35H,11-16,20,27-28H2,1-10H3,(H,42,45)(H,43,48). The first-order chi connectivity index (χ1) is 23.5. The van der Waals surface area contributed by atoms with Crippen molar-refractivity contribution in [1.82, 2.24) is 15.5 Å². The molecular weight excluding hydrogens is 630 g/mol. The number of esters is 1. The molecule has 9 heteroatoms. The highest BCUT2D eigenvalue weighted by atomic mass is 16.6. The van der Waals surface area contributed by atoms with Crippen molar-refractivity contribution < 1.29 is 28.7 Å². The molecule has 0 spiro atoms. The summed E-state index contributed by atoms with van der Waals surface area (Å²) < 4.78 is 11.3. The van der Waals surface area contributed by atoms with Crippen LogP contribution in [0.3, 0.4) is 0 Å². The van der Waals surface area contributed by atoms with Gasteiger partial charge in [-0.3, -0.25) is 9.59 Å². The van der Waals surface area contributed by atoms with E-state index < -0.39 is 53.2 Å². The molecule has 0 saturated heterocycles. The number of nitrogens with zero attached hydrogens (tertiary/aromatic N) is 1. The van der Waals surface area contributed by atoms with Gasteiger partial charge in [0.25, 0.3) is 0 Å². The number of rotatable bonds is 18. The lowest BCUT2D eigenvalue weighted by atomic mass is 9.96. The van der Waals surface area contributed by atoms with Crippen molar-refractivity contribution in [3.8, 4) is 0 Å². The number of ether oxygens (including phenoxy) is 2. The lowest BCUT2D eigenvalue weighted by Gasteiger charge is -2.36. The highest BCUT2D eigenvalue weighted by Crippen LogP contribution is 2.26. The molecule has 0 saturated carbocycles. The molecule has 2 N–H and O–H groups in total. The number of nitrogens with one attached hydrogen (secondary N) is 2. The van der Waals surface area contributed by atoms with Crippen LogP contribution in [-0.2, 0) is 36.7 Å². The zero-order valence-electron chi connectivity index (χ0n) is 32.3. The van der Waals surface area contributed by atoms with E-state index in [1.165, 1.54) is 0 Å². The van der Waals surface area contributed by atoms with E-state index in [-0.39, 0.29) is 18.9 Å². The molecule has 3 atom stereocenters. The molecule has 0 aromatic heterocycles. The fraction of sp³-hybridized carbons (Fsp3) is 0.610. The van der Waals surface area contributed by atoms with Crippen molar-refractivity contribution in [1.29, 1.82) is 0 Å². The number of benzene rings is 2. The summed E-state index contributed by atoms with van der Waals surface area (Å²) in [5, 5.41) is 5.78. The Hall–Kier alpha value is -3.88. The van der Waals surface area contributed by atoms with E-state index >= 15 is 0 Å². The number of aryl methyl sites for hydroxylation is 1. The molecule has 2 rings (SSSR count). The summed E-state index contributed by atoms with van der Waals surface area (Å²) in [6.07, 6.45) is 6.24. The van der Waals surface area contributed by atoms with E-state index in [1.807, 2.05) is 68.4 Å². The Bertz CT molecular complexity index is 1350. The second-order valence-electron chi connectivity index (χ2n) is 15.4. The minimum atomic E-state index is -1.08. The van der Waals surface area contributed by atoms with Crippen molar-refractivity contribution in [3.05, 3.63) is 71.3 Å². The Labute approximate surface area is 301 Å². The lowest BCUT2D eigenvalue weighted by Crippen LogP contribution is -2.56. The maximum absolute atomic E-state index is 14.7. The molecule has 0 fully saturated rings. The van der Waals surface area contributed by atoms with Crippen molar-refractivity contribution >= 4 is 23.9 Å². The van der Waals surface area contributed by atoms with Crippen molar-refractivity contribution in [2.45, 2.75) is 150 Å². The highest BCUT2D eigenvalue weighted by molar-refractivity contribution is 5.94. The topological polar surface area (TPSA) is 114 Å². The SMILES string of the molecule is CCCCCCCCN(C(=O)C(NC(=O)OC(C)(C)C)C(C)C)C(C(=O)NC(Cc1ccccc1)C(=O)OC(C)(C)C)c1ccc(CC)cc1. The molecule has 3 amide bonds. The maximum Gasteiger partial charge on any atom is 0.408 e. The zero-order chi connectivity index (χ0) is 37.5. The first-order valence-corrected chi connectivity index (χ1v) is 18.4. The lowest BCUT2D eigenvalue weighted by molar-refractivity contribution is -0.159. The Morgan fingerprint density at radius 1 is 0.720 bits per heavy atom. The Kier molecular flexibility index (Phi) is 17.0. The van der Waals surface area contributed by atoms with Crippen LogP contribution in [0.25, 0.3) is 0 Å². The van der Waals surface area contributed by atoms with Crippen molar-refractivity contribution in [2.24, 2.45) is 5.92 Å². The first-order valence-electron chi connectivity index (χ1n) is 18.4. The van der Waals surface area contributed by atoms with Crippen molar-refractivity contribution in [2.75, 3.05) is 6.54 Å². The first kappa shape index (κ1) is 42.3. The van der Waals surface area contributed by atoms with Crippen LogP contribution in [-0.4, -0.2) is 58.6 Å². The van der Waals surface area contributed by atoms with Gasteiger partial charge < -0.3 is 25.0 Å². The van der Waals surface area contributed by atoms with Gasteiger partial charge in [-0.05, 0) is 77.0 Å². The second-order valence-corrected chi connectivity index (χ2v) is 15.4. The molecular formula is C41H63N3O6. The predicted molar refractivity (Wildman–Crippen MR) is 200 cm³/mol. The van der Waals surface area contributed by atoms with Crippen LogP contribution in [0.2, 0.25) is 0 Å². The summed E-state index contributed by atoms with van der Waals surface area (Å²) in [5.41, 5.74) is 1.02. The van der Waals surface area contributed by atoms with E-state index in [4.69, 9.17) is 9.47 Å². The molecule has 50 heavy (non-hydrogen) atoms. The number of amides is 3. The number of hydrogen-bond acceptors (Lipinski definition) is 6. The van der Waals surface area contributed by atoms with Gasteiger partial charge in [-0.1, -0.05) is 114 Å². The summed E-state index contributed by atoms with van der Waals surface area (Å²) in [6.45, 7) is 18.9. The summed E-state index contributed by atoms with van der Waals surface area (Å²) >= 11 is 0. The molecule has 0 aliphatic carbocycles. The number of carbonyl (C=O) groups is 4. The molecule has 3 unspecified atom stereocenters. The van der Waals surface area contributed by atoms with Crippen LogP contribution in [0.4, 0.5) is 4.79 Å². The Morgan fingerprint density at radius 2 is 1.30 bits per heavy atom. The normalized spacial score (nSPS) is 13.6. The summed E-state index contributed by atoms with van der Waals surface area (Å²) in [6, 6.07) is 14.1. The average molecular weight is 694 g/mol. The van der Waals surface area contributed by atoms with Gasteiger partial charge in [0, 0.05) is 13.0 Å². The predicted octanol–water partition coefficient (Wildman–Crippen LogP) is 8.10. The van der Waals surface area contributed by atoms with Gasteiger partial charge in [0.1, 0.15) is 29.3 Å². The number of hydrogen-bond donors (Lipinski definition) is 2. The third-order valence-electron chi connectivity index (χ3n) is 8.19. The van der Waals surface area contributed by atoms with E-state index in [0.717, 1.165) is 49.7 Å². The summed E-state index contributed by atoms with van der Waals surface area (Å²) in [5.74, 6) is -1.76. The van der Waals surface area contributed by atoms with Crippen LogP contribution in [0.15, 0.2) is 54.6 Å². The van der Waals surface area contributed by atoms with E-state index in [0.29, 0.717) is 12.0 Å². The highest BCUT2D eigenvalue weighted by Gasteiger charge is 2.39. The monoisotopic (exact) mass is 693 g/mol. The fourth-order valence-electron chi connectivity index (χ4n) is 5.63. The Morgan fingerprint density at radius 3 is 1.84 bits per heavy atom. The smallest absolute Gasteiger partial charge is 0.408 e. The summed E-state index contributed by atoms with van der Waals surface area (Å²) in [4.78, 5) is 57.5. The molecule has 9 nitrogen and oxygen atoms in total. The quantitative estimate of drug-likeness (QED) is 0.121. The van der Waals surface area contributed by atoms with Gasteiger partial charge in [-0.15, -0.1) is 0 Å². The minimum absolute atomic E-state index is 0.211. The maximum atomic E-state index is 14.7. The Balaban J connectivity index is 2.62. The fourth-order valence-corrected chi connectivity index (χ4v) is 5.63. The average Bonchev–Trinajstić information content (AvgIpc) is 3.03. The number of carbonyl (C=O) groups excluding carboxylic acids is 4. The van der Waals surface area contributed by atoms with Crippen molar-refractivity contribution in [3.63, 3.8) is 0 Å². The molecule has 0 bridgehead atoms. The molecule has 0 radical (unpaired) electrons. The number of alkyl carbamates (subject to hydrolysis) is 1. The third-order valence-corrected chi connectivity index (χ3v) is 8.19.